The summed E-state index contributed by atoms with van der Waals surface area (Å²) in [6, 6.07) is 0. The average Bonchev–Trinajstić information content (AvgIpc) is 2.71. The summed E-state index contributed by atoms with van der Waals surface area (Å²) in [5.74, 6) is 0. The molecule has 3 heterocycles. The molecule has 0 atom stereocenters. The molecule has 2 aromatic rings. The van der Waals surface area contributed by atoms with Crippen molar-refractivity contribution in [3.05, 3.63) is 7.83 Å². The highest BCUT2D eigenvalue weighted by molar-refractivity contribution is 9.11. The van der Waals surface area contributed by atoms with Crippen LogP contribution in [0.15, 0.2) is 17.9 Å². The molecule has 0 aromatic carbocycles. The van der Waals surface area contributed by atoms with Gasteiger partial charge in [-0.15, -0.1) is 22.7 Å². The molecule has 2 aromatic heterocycles. The zero-order valence-corrected chi connectivity index (χ0v) is 11.9. The second-order valence-corrected chi connectivity index (χ2v) is 8.33. The van der Waals surface area contributed by atoms with Crippen molar-refractivity contribution in [2.24, 2.45) is 0 Å². The van der Waals surface area contributed by atoms with Crippen LogP contribution in [0, 0.1) is 0 Å². The Morgan fingerprint density at radius 1 is 1.00 bits per heavy atom. The van der Waals surface area contributed by atoms with Crippen LogP contribution in [-0.2, 0) is 10.8 Å². The lowest BCUT2D eigenvalue weighted by molar-refractivity contribution is 0.680. The zero-order chi connectivity index (χ0) is 9.87. The topological polar surface area (TPSA) is 42.9 Å². The highest BCUT2D eigenvalue weighted by Crippen LogP contribution is 2.48. The molecule has 3 nitrogen and oxygen atoms in total. The summed E-state index contributed by atoms with van der Waals surface area (Å²) in [4.78, 5) is 10.3. The predicted octanol–water partition coefficient (Wildman–Crippen LogP) is 3.27. The molecule has 1 aliphatic rings. The lowest BCUT2D eigenvalue weighted by atomic mass is 10.5. The van der Waals surface area contributed by atoms with E-state index >= 15 is 0 Å². The fourth-order valence-corrected chi connectivity index (χ4v) is 6.28. The molecule has 0 spiro atoms. The average molecular weight is 372 g/mol. The number of rotatable bonds is 0. The van der Waals surface area contributed by atoms with Gasteiger partial charge in [-0.25, -0.2) is 14.2 Å². The highest BCUT2D eigenvalue weighted by Gasteiger charge is 2.33. The maximum Gasteiger partial charge on any atom is 0.161 e. The molecule has 0 N–H and O–H groups in total. The number of aromatic nitrogens is 2. The van der Waals surface area contributed by atoms with Crippen LogP contribution in [-0.4, -0.2) is 14.2 Å². The number of hydrogen-bond acceptors (Lipinski definition) is 5. The Morgan fingerprint density at radius 3 is 1.86 bits per heavy atom. The van der Waals surface area contributed by atoms with E-state index in [9.17, 15) is 4.21 Å². The lowest BCUT2D eigenvalue weighted by Crippen LogP contribution is -1.88. The number of nitrogens with zero attached hydrogens (tertiary/aromatic N) is 2. The van der Waals surface area contributed by atoms with Crippen LogP contribution in [0.5, 0.6) is 0 Å². The molecule has 0 bridgehead atoms. The Kier molecular flexibility index (Phi) is 2.18. The van der Waals surface area contributed by atoms with Gasteiger partial charge in [0.25, 0.3) is 0 Å². The SMILES string of the molecule is O=S1c2nc(Br)sc2-c2sc(Br)nc21. The summed E-state index contributed by atoms with van der Waals surface area (Å²) in [5, 5.41) is 1.28. The first-order valence-electron chi connectivity index (χ1n) is 3.41. The van der Waals surface area contributed by atoms with E-state index in [4.69, 9.17) is 0 Å². The molecule has 8 heteroatoms. The third-order valence-electron chi connectivity index (χ3n) is 1.70. The normalized spacial score (nSPS) is 14.4. The van der Waals surface area contributed by atoms with E-state index < -0.39 is 10.8 Å². The summed E-state index contributed by atoms with van der Waals surface area (Å²) in [6.45, 7) is 0. The largest absolute Gasteiger partial charge is 0.246 e. The summed E-state index contributed by atoms with van der Waals surface area (Å²) < 4.78 is 13.4. The van der Waals surface area contributed by atoms with E-state index in [2.05, 4.69) is 41.8 Å². The van der Waals surface area contributed by atoms with Gasteiger partial charge in [-0.3, -0.25) is 0 Å². The van der Waals surface area contributed by atoms with Crippen LogP contribution in [0.3, 0.4) is 0 Å². The Bertz CT molecular complexity index is 513. The first-order valence-corrected chi connectivity index (χ1v) is 7.78. The van der Waals surface area contributed by atoms with Crippen molar-refractivity contribution in [1.29, 1.82) is 0 Å². The Morgan fingerprint density at radius 2 is 1.43 bits per heavy atom. The zero-order valence-electron chi connectivity index (χ0n) is 6.28. The molecule has 0 fully saturated rings. The number of fused-ring (bicyclic) bond motifs is 3. The Hall–Kier alpha value is 0.370. The molecule has 0 saturated heterocycles. The van der Waals surface area contributed by atoms with Crippen LogP contribution in [0.4, 0.5) is 0 Å². The van der Waals surface area contributed by atoms with E-state index in [1.807, 2.05) is 0 Å². The molecule has 0 saturated carbocycles. The van der Waals surface area contributed by atoms with E-state index in [1.165, 1.54) is 22.7 Å². The molecular formula is C6Br2N2OS3. The van der Waals surface area contributed by atoms with Gasteiger partial charge in [0.1, 0.15) is 10.8 Å². The second kappa shape index (κ2) is 3.18. The summed E-state index contributed by atoms with van der Waals surface area (Å²) in [5.41, 5.74) is 0. The highest BCUT2D eigenvalue weighted by atomic mass is 79.9. The van der Waals surface area contributed by atoms with Gasteiger partial charge in [0.05, 0.1) is 9.75 Å². The van der Waals surface area contributed by atoms with Crippen LogP contribution >= 0.6 is 54.5 Å². The summed E-state index contributed by atoms with van der Waals surface area (Å²) in [6.07, 6.45) is 0. The molecule has 14 heavy (non-hydrogen) atoms. The minimum atomic E-state index is -1.19. The molecule has 3 rings (SSSR count). The first kappa shape index (κ1) is 9.59. The molecule has 1 aliphatic heterocycles. The fraction of sp³-hybridized carbons (Fsp3) is 0. The van der Waals surface area contributed by atoms with E-state index in [0.29, 0.717) is 10.1 Å². The molecule has 72 valence electrons. The maximum absolute atomic E-state index is 11.9. The smallest absolute Gasteiger partial charge is 0.161 e. The third kappa shape index (κ3) is 1.21. The van der Waals surface area contributed by atoms with Crippen molar-refractivity contribution in [3.8, 4) is 9.75 Å². The number of hydrogen-bond donors (Lipinski definition) is 0. The third-order valence-corrected chi connectivity index (χ3v) is 6.43. The molecule has 0 unspecified atom stereocenters. The van der Waals surface area contributed by atoms with Crippen molar-refractivity contribution in [2.45, 2.75) is 10.1 Å². The fourth-order valence-electron chi connectivity index (χ4n) is 1.19. The van der Waals surface area contributed by atoms with Gasteiger partial charge < -0.3 is 0 Å². The maximum atomic E-state index is 11.9. The van der Waals surface area contributed by atoms with Crippen molar-refractivity contribution in [3.63, 3.8) is 0 Å². The van der Waals surface area contributed by atoms with E-state index in [1.54, 1.807) is 0 Å². The number of thiazole rings is 2. The van der Waals surface area contributed by atoms with E-state index in [0.717, 1.165) is 17.6 Å². The van der Waals surface area contributed by atoms with Gasteiger partial charge >= 0.3 is 0 Å². The molecule has 0 aliphatic carbocycles. The van der Waals surface area contributed by atoms with Crippen LogP contribution in [0.1, 0.15) is 0 Å². The van der Waals surface area contributed by atoms with E-state index in [-0.39, 0.29) is 0 Å². The summed E-state index contributed by atoms with van der Waals surface area (Å²) >= 11 is 9.58. The molecular weight excluding hydrogens is 372 g/mol. The number of halogens is 2. The van der Waals surface area contributed by atoms with Crippen LogP contribution < -0.4 is 0 Å². The second-order valence-electron chi connectivity index (χ2n) is 2.47. The quantitative estimate of drug-likeness (QED) is 0.609. The standard InChI is InChI=1S/C6Br2N2OS3/c7-5-9-3-1(12-5)2-4(14(3)11)10-6(8)13-2. The van der Waals surface area contributed by atoms with Crippen molar-refractivity contribution in [2.75, 3.05) is 0 Å². The molecule has 0 radical (unpaired) electrons. The monoisotopic (exact) mass is 370 g/mol. The van der Waals surface area contributed by atoms with Crippen molar-refractivity contribution < 1.29 is 4.21 Å². The van der Waals surface area contributed by atoms with Crippen LogP contribution in [0.2, 0.25) is 0 Å². The Balaban J connectivity index is 2.37. The van der Waals surface area contributed by atoms with Gasteiger partial charge in [-0.1, -0.05) is 0 Å². The van der Waals surface area contributed by atoms with Gasteiger partial charge in [-0.05, 0) is 31.9 Å². The molecule has 0 amide bonds. The lowest BCUT2D eigenvalue weighted by Gasteiger charge is -1.85. The van der Waals surface area contributed by atoms with Crippen LogP contribution in [0.25, 0.3) is 9.75 Å². The first-order chi connectivity index (χ1) is 6.66. The van der Waals surface area contributed by atoms with Gasteiger partial charge in [0.15, 0.2) is 17.9 Å². The van der Waals surface area contributed by atoms with Crippen molar-refractivity contribution >= 4 is 65.3 Å². The minimum Gasteiger partial charge on any atom is -0.246 e. The summed E-state index contributed by atoms with van der Waals surface area (Å²) in [7, 11) is -1.19. The predicted molar refractivity (Wildman–Crippen MR) is 63.3 cm³/mol. The van der Waals surface area contributed by atoms with Crippen molar-refractivity contribution in [1.82, 2.24) is 9.97 Å². The Labute approximate surface area is 106 Å². The van der Waals surface area contributed by atoms with Gasteiger partial charge in [0, 0.05) is 0 Å². The van der Waals surface area contributed by atoms with Gasteiger partial charge in [-0.2, -0.15) is 0 Å². The van der Waals surface area contributed by atoms with Gasteiger partial charge in [0.2, 0.25) is 0 Å². The minimum absolute atomic E-state index is 0.642.